The fraction of sp³-hybridized carbons (Fsp3) is 0.400. The number of carbonyl (C=O) groups excluding carboxylic acids is 3. The second-order valence-corrected chi connectivity index (χ2v) is 13.3. The van der Waals surface area contributed by atoms with Gasteiger partial charge in [-0.1, -0.05) is 12.0 Å². The van der Waals surface area contributed by atoms with Crippen molar-refractivity contribution >= 4 is 50.2 Å². The third kappa shape index (κ3) is 6.74. The van der Waals surface area contributed by atoms with Crippen LogP contribution in [-0.4, -0.2) is 96.9 Å². The number of hydrogen-bond acceptors (Lipinski definition) is 9. The molecule has 2 saturated heterocycles. The minimum Gasteiger partial charge on any atom is -0.315 e. The van der Waals surface area contributed by atoms with Gasteiger partial charge in [-0.25, -0.2) is 15.0 Å². The number of halogens is 1. The number of benzene rings is 1. The Balaban J connectivity index is 1.35. The molecule has 6 rings (SSSR count). The fourth-order valence-corrected chi connectivity index (χ4v) is 7.09. The van der Waals surface area contributed by atoms with E-state index in [1.807, 2.05) is 39.0 Å². The summed E-state index contributed by atoms with van der Waals surface area (Å²) in [5.74, 6) is 2.88. The van der Waals surface area contributed by atoms with Gasteiger partial charge in [-0.15, -0.1) is 6.42 Å². The molecule has 0 bridgehead atoms. The van der Waals surface area contributed by atoms with Gasteiger partial charge in [0.25, 0.3) is 0 Å². The summed E-state index contributed by atoms with van der Waals surface area (Å²) in [5, 5.41) is 11.6. The van der Waals surface area contributed by atoms with Crippen molar-refractivity contribution in [1.29, 1.82) is 0 Å². The van der Waals surface area contributed by atoms with Crippen molar-refractivity contribution in [3.05, 3.63) is 63.9 Å². The number of terminal acetylenes is 1. The van der Waals surface area contributed by atoms with Gasteiger partial charge in [-0.3, -0.25) is 19.1 Å². The van der Waals surface area contributed by atoms with Crippen LogP contribution in [0.25, 0.3) is 22.0 Å². The number of likely N-dealkylation sites (tertiary alicyclic amines) is 1. The van der Waals surface area contributed by atoms with E-state index in [1.165, 1.54) is 6.92 Å². The number of pyridine rings is 1. The van der Waals surface area contributed by atoms with Gasteiger partial charge in [-0.2, -0.15) is 5.10 Å². The minimum absolute atomic E-state index is 0.118. The molecule has 2 aliphatic heterocycles. The molecule has 0 saturated carbocycles. The number of anilines is 1. The lowest BCUT2D eigenvalue weighted by molar-refractivity contribution is -0.138. The van der Waals surface area contributed by atoms with Crippen molar-refractivity contribution in [2.75, 3.05) is 38.0 Å². The van der Waals surface area contributed by atoms with E-state index in [0.29, 0.717) is 40.1 Å². The average Bonchev–Trinajstić information content (AvgIpc) is 3.62. The predicted octanol–water partition coefficient (Wildman–Crippen LogP) is 3.54. The van der Waals surface area contributed by atoms with Crippen LogP contribution in [0.15, 0.2) is 41.3 Å². The van der Waals surface area contributed by atoms with E-state index in [2.05, 4.69) is 57.4 Å². The molecule has 0 radical (unpaired) electrons. The average molecular weight is 713 g/mol. The van der Waals surface area contributed by atoms with Gasteiger partial charge < -0.3 is 20.4 Å². The van der Waals surface area contributed by atoms with Crippen LogP contribution in [0.4, 0.5) is 5.82 Å². The van der Waals surface area contributed by atoms with Crippen molar-refractivity contribution < 1.29 is 14.4 Å². The van der Waals surface area contributed by atoms with Gasteiger partial charge >= 0.3 is 0 Å². The number of amides is 2. The number of nitrogens with one attached hydrogen (secondary N) is 2. The van der Waals surface area contributed by atoms with Crippen LogP contribution in [0.3, 0.4) is 0 Å². The monoisotopic (exact) mass is 711 g/mol. The standard InChI is InChI=1S/C35H38BrN9O3/c1-6-28-25(18-43-11-9-37-10-12-43)15-29(35(48)41-34-20(2)7-8-30(36)40-34)45(28)31(47)19-44-33-21(3)13-24(26-16-38-23(5)39-17-26)14-27(33)32(42-44)22(4)46/h1,7-8,13-14,16-17,25,28-29,37H,9-12,15,18-19H2,2-5H3,(H,40,41,48)/t25-,28-,29+/m1/s1. The van der Waals surface area contributed by atoms with Crippen molar-refractivity contribution in [1.82, 2.24) is 39.8 Å². The van der Waals surface area contributed by atoms with Crippen molar-refractivity contribution in [2.24, 2.45) is 5.92 Å². The van der Waals surface area contributed by atoms with Gasteiger partial charge in [0.05, 0.1) is 11.6 Å². The van der Waals surface area contributed by atoms with E-state index in [1.54, 1.807) is 28.0 Å². The smallest absolute Gasteiger partial charge is 0.248 e. The number of Topliss-reactive ketones (excluding diaryl/α,β-unsaturated/α-hetero) is 1. The normalized spacial score (nSPS) is 19.8. The van der Waals surface area contributed by atoms with E-state index in [4.69, 9.17) is 6.42 Å². The zero-order valence-corrected chi connectivity index (χ0v) is 29.0. The second-order valence-electron chi connectivity index (χ2n) is 12.5. The molecule has 0 aliphatic carbocycles. The molecule has 3 atom stereocenters. The third-order valence-electron chi connectivity index (χ3n) is 9.14. The summed E-state index contributed by atoms with van der Waals surface area (Å²) in [7, 11) is 0. The highest BCUT2D eigenvalue weighted by molar-refractivity contribution is 9.10. The number of piperazine rings is 1. The summed E-state index contributed by atoms with van der Waals surface area (Å²) in [4.78, 5) is 58.1. The van der Waals surface area contributed by atoms with Crippen LogP contribution in [0.2, 0.25) is 0 Å². The van der Waals surface area contributed by atoms with Crippen LogP contribution < -0.4 is 10.6 Å². The maximum absolute atomic E-state index is 14.4. The van der Waals surface area contributed by atoms with Crippen LogP contribution in [-0.2, 0) is 16.1 Å². The number of rotatable bonds is 8. The predicted molar refractivity (Wildman–Crippen MR) is 186 cm³/mol. The number of hydrogen-bond donors (Lipinski definition) is 2. The summed E-state index contributed by atoms with van der Waals surface area (Å²) < 4.78 is 2.15. The number of aryl methyl sites for hydroxylation is 3. The molecule has 2 aliphatic rings. The topological polar surface area (TPSA) is 138 Å². The molecule has 2 N–H and O–H groups in total. The molecule has 12 nitrogen and oxygen atoms in total. The maximum atomic E-state index is 14.4. The Morgan fingerprint density at radius 2 is 1.79 bits per heavy atom. The van der Waals surface area contributed by atoms with Crippen LogP contribution in [0.5, 0.6) is 0 Å². The van der Waals surface area contributed by atoms with Gasteiger partial charge in [0.1, 0.15) is 34.5 Å². The number of fused-ring (bicyclic) bond motifs is 1. The first kappa shape index (κ1) is 33.4. The number of ketones is 1. The SMILES string of the molecule is C#C[C@@H]1[C@@H](CN2CCNCC2)C[C@@H](C(=O)Nc2nc(Br)ccc2C)N1C(=O)Cn1nc(C(C)=O)c2cc(-c3cnc(C)nc3)cc(C)c21. The molecule has 2 fully saturated rings. The Bertz CT molecular complexity index is 1930. The fourth-order valence-electron chi connectivity index (χ4n) is 6.78. The van der Waals surface area contributed by atoms with Gasteiger partial charge in [0.2, 0.25) is 11.8 Å². The van der Waals surface area contributed by atoms with E-state index in [-0.39, 0.29) is 35.8 Å². The lowest BCUT2D eigenvalue weighted by Gasteiger charge is -2.32. The molecule has 0 spiro atoms. The molecule has 2 amide bonds. The number of carbonyl (C=O) groups is 3. The lowest BCUT2D eigenvalue weighted by Crippen LogP contribution is -2.49. The highest BCUT2D eigenvalue weighted by atomic mass is 79.9. The van der Waals surface area contributed by atoms with E-state index in [0.717, 1.165) is 48.4 Å². The summed E-state index contributed by atoms with van der Waals surface area (Å²) in [6, 6.07) is 6.08. The zero-order chi connectivity index (χ0) is 34.1. The molecule has 48 heavy (non-hydrogen) atoms. The zero-order valence-electron chi connectivity index (χ0n) is 27.5. The summed E-state index contributed by atoms with van der Waals surface area (Å²) in [6.07, 6.45) is 10.0. The molecule has 5 heterocycles. The van der Waals surface area contributed by atoms with E-state index >= 15 is 0 Å². The van der Waals surface area contributed by atoms with Gasteiger partial charge in [0, 0.05) is 68.9 Å². The van der Waals surface area contributed by atoms with Gasteiger partial charge in [-0.05, 0) is 78.0 Å². The Labute approximate surface area is 287 Å². The molecule has 13 heteroatoms. The first-order valence-corrected chi connectivity index (χ1v) is 16.8. The molecule has 1 aromatic carbocycles. The van der Waals surface area contributed by atoms with E-state index < -0.39 is 12.1 Å². The van der Waals surface area contributed by atoms with Crippen LogP contribution >= 0.6 is 15.9 Å². The number of nitrogens with zero attached hydrogens (tertiary/aromatic N) is 7. The molecule has 3 aromatic heterocycles. The Morgan fingerprint density at radius 1 is 1.06 bits per heavy atom. The quantitative estimate of drug-likeness (QED) is 0.160. The van der Waals surface area contributed by atoms with Crippen molar-refractivity contribution in [3.8, 4) is 23.5 Å². The van der Waals surface area contributed by atoms with E-state index in [9.17, 15) is 14.4 Å². The Morgan fingerprint density at radius 3 is 2.48 bits per heavy atom. The number of aromatic nitrogens is 5. The van der Waals surface area contributed by atoms with Crippen molar-refractivity contribution in [2.45, 2.75) is 52.7 Å². The Kier molecular flexibility index (Phi) is 9.68. The molecule has 4 aromatic rings. The second kappa shape index (κ2) is 13.9. The van der Waals surface area contributed by atoms with Crippen LogP contribution in [0, 0.1) is 39.0 Å². The van der Waals surface area contributed by atoms with Crippen molar-refractivity contribution in [3.63, 3.8) is 0 Å². The molecular weight excluding hydrogens is 674 g/mol. The van der Waals surface area contributed by atoms with Gasteiger partial charge in [0.15, 0.2) is 5.78 Å². The summed E-state index contributed by atoms with van der Waals surface area (Å²) >= 11 is 3.38. The molecular formula is C35H38BrN9O3. The lowest BCUT2D eigenvalue weighted by atomic mass is 9.98. The van der Waals surface area contributed by atoms with Crippen LogP contribution in [0.1, 0.15) is 40.8 Å². The largest absolute Gasteiger partial charge is 0.315 e. The molecule has 248 valence electrons. The third-order valence-corrected chi connectivity index (χ3v) is 9.59. The highest BCUT2D eigenvalue weighted by Crippen LogP contribution is 2.34. The summed E-state index contributed by atoms with van der Waals surface area (Å²) in [5.41, 5.74) is 4.18. The first-order valence-electron chi connectivity index (χ1n) is 16.0. The maximum Gasteiger partial charge on any atom is 0.248 e. The molecule has 0 unspecified atom stereocenters. The highest BCUT2D eigenvalue weighted by Gasteiger charge is 2.47. The first-order chi connectivity index (χ1) is 23.0. The summed E-state index contributed by atoms with van der Waals surface area (Å²) in [6.45, 7) is 11.0. The Hall–Kier alpha value is -4.51. The minimum atomic E-state index is -0.824.